The van der Waals surface area contributed by atoms with E-state index in [4.69, 9.17) is 23.9 Å². The van der Waals surface area contributed by atoms with Gasteiger partial charge in [0.05, 0.1) is 19.2 Å². The molecule has 182 valence electrons. The van der Waals surface area contributed by atoms with Crippen molar-refractivity contribution in [1.82, 2.24) is 14.9 Å². The van der Waals surface area contributed by atoms with Gasteiger partial charge < -0.3 is 29.2 Å². The number of ether oxygens (including phenoxy) is 4. The lowest BCUT2D eigenvalue weighted by molar-refractivity contribution is 0.125. The molecule has 2 aromatic rings. The van der Waals surface area contributed by atoms with E-state index < -0.39 is 0 Å². The van der Waals surface area contributed by atoms with E-state index in [0.717, 1.165) is 35.6 Å². The van der Waals surface area contributed by atoms with E-state index in [2.05, 4.69) is 17.2 Å². The first-order chi connectivity index (χ1) is 16.6. The number of benzene rings is 1. The van der Waals surface area contributed by atoms with Gasteiger partial charge in [0.15, 0.2) is 11.5 Å². The molecule has 1 aromatic heterocycles. The predicted octanol–water partition coefficient (Wildman–Crippen LogP) is 4.12. The fourth-order valence-corrected chi connectivity index (χ4v) is 4.80. The predicted molar refractivity (Wildman–Crippen MR) is 127 cm³/mol. The second-order valence-corrected chi connectivity index (χ2v) is 9.32. The number of aromatic nitrogens is 2. The lowest BCUT2D eigenvalue weighted by atomic mass is 9.87. The van der Waals surface area contributed by atoms with Crippen LogP contribution in [0.15, 0.2) is 24.4 Å². The molecule has 1 saturated carbocycles. The highest BCUT2D eigenvalue weighted by molar-refractivity contribution is 5.71. The number of carbonyl (C=O) groups excluding carboxylic acids is 1. The van der Waals surface area contributed by atoms with Gasteiger partial charge in [0, 0.05) is 25.2 Å². The maximum atomic E-state index is 11.9. The minimum Gasteiger partial charge on any atom is -0.486 e. The summed E-state index contributed by atoms with van der Waals surface area (Å²) in [5.41, 5.74) is 1.66. The van der Waals surface area contributed by atoms with Gasteiger partial charge in [-0.2, -0.15) is 4.98 Å². The Morgan fingerprint density at radius 3 is 2.71 bits per heavy atom. The van der Waals surface area contributed by atoms with Gasteiger partial charge in [-0.05, 0) is 49.3 Å². The molecule has 2 aliphatic heterocycles. The zero-order chi connectivity index (χ0) is 23.5. The number of nitrogens with zero attached hydrogens (tertiary/aromatic N) is 3. The van der Waals surface area contributed by atoms with E-state index in [1.165, 1.54) is 20.0 Å². The second kappa shape index (κ2) is 9.95. The molecule has 0 bridgehead atoms. The number of hydrogen-bond acceptors (Lipinski definition) is 8. The van der Waals surface area contributed by atoms with Gasteiger partial charge in [0.2, 0.25) is 11.8 Å². The molecule has 3 aliphatic rings. The molecule has 0 spiro atoms. The van der Waals surface area contributed by atoms with Crippen LogP contribution in [0.4, 0.5) is 10.7 Å². The van der Waals surface area contributed by atoms with Crippen LogP contribution in [0.2, 0.25) is 0 Å². The van der Waals surface area contributed by atoms with Crippen LogP contribution in [0.25, 0.3) is 11.1 Å². The molecular formula is C25H32N4O5. The van der Waals surface area contributed by atoms with Crippen molar-refractivity contribution in [2.24, 2.45) is 5.92 Å². The number of anilines is 1. The SMILES string of the molecule is COC(=O)N1CCC(Oc2nc(N[C@H]3CC[C@@H](C)CC3)ncc2-c2ccc3c(c2)OCCO3)C1. The number of carbonyl (C=O) groups is 1. The molecule has 1 saturated heterocycles. The Morgan fingerprint density at radius 2 is 1.91 bits per heavy atom. The molecule has 1 N–H and O–H groups in total. The number of methoxy groups -OCH3 is 1. The molecule has 1 atom stereocenters. The first-order valence-corrected chi connectivity index (χ1v) is 12.1. The lowest BCUT2D eigenvalue weighted by Gasteiger charge is -2.27. The molecule has 1 amide bonds. The van der Waals surface area contributed by atoms with Crippen LogP contribution in [0.3, 0.4) is 0 Å². The first kappa shape index (κ1) is 22.6. The topological polar surface area (TPSA) is 95.0 Å². The average molecular weight is 469 g/mol. The zero-order valence-corrected chi connectivity index (χ0v) is 19.8. The quantitative estimate of drug-likeness (QED) is 0.700. The first-order valence-electron chi connectivity index (χ1n) is 12.1. The van der Waals surface area contributed by atoms with Crippen molar-refractivity contribution in [1.29, 1.82) is 0 Å². The fourth-order valence-electron chi connectivity index (χ4n) is 4.80. The van der Waals surface area contributed by atoms with Crippen molar-refractivity contribution in [2.45, 2.75) is 51.2 Å². The van der Waals surface area contributed by atoms with Crippen LogP contribution in [0.5, 0.6) is 17.4 Å². The van der Waals surface area contributed by atoms with E-state index >= 15 is 0 Å². The Labute approximate surface area is 199 Å². The van der Waals surface area contributed by atoms with E-state index in [1.54, 1.807) is 11.1 Å². The van der Waals surface area contributed by atoms with E-state index in [9.17, 15) is 4.79 Å². The maximum absolute atomic E-state index is 11.9. The highest BCUT2D eigenvalue weighted by atomic mass is 16.6. The smallest absolute Gasteiger partial charge is 0.409 e. The highest BCUT2D eigenvalue weighted by Gasteiger charge is 2.30. The molecule has 1 aromatic carbocycles. The van der Waals surface area contributed by atoms with Crippen molar-refractivity contribution < 1.29 is 23.7 Å². The zero-order valence-electron chi connectivity index (χ0n) is 19.8. The second-order valence-electron chi connectivity index (χ2n) is 9.32. The summed E-state index contributed by atoms with van der Waals surface area (Å²) in [5, 5.41) is 3.50. The monoisotopic (exact) mass is 468 g/mol. The number of rotatable bonds is 5. The Hall–Kier alpha value is -3.23. The average Bonchev–Trinajstić information content (AvgIpc) is 3.33. The maximum Gasteiger partial charge on any atom is 0.409 e. The molecule has 3 heterocycles. The Balaban J connectivity index is 1.40. The van der Waals surface area contributed by atoms with Crippen LogP contribution in [-0.2, 0) is 4.74 Å². The summed E-state index contributed by atoms with van der Waals surface area (Å²) >= 11 is 0. The van der Waals surface area contributed by atoms with Crippen LogP contribution in [0, 0.1) is 5.92 Å². The standard InChI is InChI=1S/C25H32N4O5/c1-16-3-6-18(7-4-16)27-24-26-14-20(17-5-8-21-22(13-17)33-12-11-32-21)23(28-24)34-19-9-10-29(15-19)25(30)31-2/h5,8,13-14,16,18-19H,3-4,6-7,9-12,15H2,1-2H3,(H,26,27,28)/t16-,18+,19?. The van der Waals surface area contributed by atoms with Gasteiger partial charge in [0.25, 0.3) is 0 Å². The lowest BCUT2D eigenvalue weighted by Crippen LogP contribution is -2.31. The number of nitrogens with one attached hydrogen (secondary N) is 1. The fraction of sp³-hybridized carbons (Fsp3) is 0.560. The summed E-state index contributed by atoms with van der Waals surface area (Å²) in [6, 6.07) is 6.16. The summed E-state index contributed by atoms with van der Waals surface area (Å²) in [7, 11) is 1.39. The Bertz CT molecular complexity index is 1020. The summed E-state index contributed by atoms with van der Waals surface area (Å²) in [4.78, 5) is 23.0. The largest absolute Gasteiger partial charge is 0.486 e. The van der Waals surface area contributed by atoms with Gasteiger partial charge >= 0.3 is 6.09 Å². The van der Waals surface area contributed by atoms with Gasteiger partial charge in [0.1, 0.15) is 19.3 Å². The molecule has 34 heavy (non-hydrogen) atoms. The van der Waals surface area contributed by atoms with Crippen LogP contribution >= 0.6 is 0 Å². The van der Waals surface area contributed by atoms with Crippen LogP contribution in [0.1, 0.15) is 39.0 Å². The Morgan fingerprint density at radius 1 is 1.12 bits per heavy atom. The van der Waals surface area contributed by atoms with Gasteiger partial charge in [-0.25, -0.2) is 9.78 Å². The van der Waals surface area contributed by atoms with Gasteiger partial charge in [-0.15, -0.1) is 0 Å². The molecule has 2 fully saturated rings. The summed E-state index contributed by atoms with van der Waals surface area (Å²) in [6.45, 7) is 4.42. The number of fused-ring (bicyclic) bond motifs is 1. The minimum atomic E-state index is -0.338. The van der Waals surface area contributed by atoms with Crippen molar-refractivity contribution in [3.63, 3.8) is 0 Å². The van der Waals surface area contributed by atoms with Crippen LogP contribution in [-0.4, -0.2) is 66.5 Å². The third-order valence-corrected chi connectivity index (χ3v) is 6.81. The van der Waals surface area contributed by atoms with E-state index in [-0.39, 0.29) is 12.2 Å². The summed E-state index contributed by atoms with van der Waals surface area (Å²) in [6.07, 6.45) is 6.65. The molecule has 9 nitrogen and oxygen atoms in total. The number of likely N-dealkylation sites (tertiary alicyclic amines) is 1. The van der Waals surface area contributed by atoms with Crippen molar-refractivity contribution in [3.8, 4) is 28.5 Å². The van der Waals surface area contributed by atoms with E-state index in [1.807, 2.05) is 18.2 Å². The number of hydrogen-bond donors (Lipinski definition) is 1. The molecule has 1 aliphatic carbocycles. The molecule has 9 heteroatoms. The highest BCUT2D eigenvalue weighted by Crippen LogP contribution is 2.38. The molecule has 1 unspecified atom stereocenters. The molecular weight excluding hydrogens is 436 g/mol. The van der Waals surface area contributed by atoms with Gasteiger partial charge in [-0.3, -0.25) is 0 Å². The normalized spacial score (nSPS) is 23.9. The summed E-state index contributed by atoms with van der Waals surface area (Å²) in [5.74, 6) is 3.27. The van der Waals surface area contributed by atoms with Gasteiger partial charge in [-0.1, -0.05) is 13.0 Å². The summed E-state index contributed by atoms with van der Waals surface area (Å²) < 4.78 is 22.7. The van der Waals surface area contributed by atoms with Crippen molar-refractivity contribution in [2.75, 3.05) is 38.7 Å². The third-order valence-electron chi connectivity index (χ3n) is 6.81. The minimum absolute atomic E-state index is 0.173. The van der Waals surface area contributed by atoms with Crippen molar-refractivity contribution >= 4 is 12.0 Å². The molecule has 5 rings (SSSR count). The number of amides is 1. The third kappa shape index (κ3) is 4.98. The van der Waals surface area contributed by atoms with E-state index in [0.29, 0.717) is 56.3 Å². The van der Waals surface area contributed by atoms with Crippen LogP contribution < -0.4 is 19.5 Å². The molecule has 0 radical (unpaired) electrons. The Kier molecular flexibility index (Phi) is 6.60. The van der Waals surface area contributed by atoms with Crippen molar-refractivity contribution in [3.05, 3.63) is 24.4 Å².